The van der Waals surface area contributed by atoms with Crippen molar-refractivity contribution in [1.29, 1.82) is 0 Å². The van der Waals surface area contributed by atoms with Gasteiger partial charge in [-0.05, 0) is 50.0 Å². The van der Waals surface area contributed by atoms with Gasteiger partial charge in [-0.1, -0.05) is 25.1 Å². The van der Waals surface area contributed by atoms with Crippen LogP contribution in [0.4, 0.5) is 0 Å². The van der Waals surface area contributed by atoms with Gasteiger partial charge in [0, 0.05) is 42.3 Å². The second-order valence-corrected chi connectivity index (χ2v) is 8.55. The largest absolute Gasteiger partial charge is 0.341 e. The van der Waals surface area contributed by atoms with Crippen LogP contribution >= 0.6 is 12.2 Å². The Labute approximate surface area is 186 Å². The average molecular weight is 439 g/mol. The van der Waals surface area contributed by atoms with Crippen molar-refractivity contribution in [3.63, 3.8) is 0 Å². The van der Waals surface area contributed by atoms with E-state index in [0.717, 1.165) is 42.4 Å². The number of para-hydroxylation sites is 1. The van der Waals surface area contributed by atoms with E-state index in [9.17, 15) is 14.4 Å². The number of likely N-dealkylation sites (tertiary alicyclic amines) is 1. The summed E-state index contributed by atoms with van der Waals surface area (Å²) >= 11 is 5.10. The lowest BCUT2D eigenvalue weighted by molar-refractivity contribution is -0.133. The fraction of sp³-hybridized carbons (Fsp3) is 0.391. The van der Waals surface area contributed by atoms with Crippen LogP contribution in [-0.2, 0) is 20.9 Å². The van der Waals surface area contributed by atoms with E-state index in [4.69, 9.17) is 12.2 Å². The van der Waals surface area contributed by atoms with Crippen LogP contribution in [0.2, 0.25) is 0 Å². The van der Waals surface area contributed by atoms with E-state index < -0.39 is 11.8 Å². The SMILES string of the molecule is CCN1C(=O)/C(=C/c2cn(CC(=O)N3CCC(C)CC3)c3ccccc23)C(=O)NC1=S. The average Bonchev–Trinajstić information content (AvgIpc) is 3.09. The minimum atomic E-state index is -0.505. The highest BCUT2D eigenvalue weighted by molar-refractivity contribution is 7.80. The van der Waals surface area contributed by atoms with Crippen molar-refractivity contribution in [2.45, 2.75) is 33.2 Å². The molecule has 0 unspecified atom stereocenters. The predicted molar refractivity (Wildman–Crippen MR) is 123 cm³/mol. The molecule has 1 aromatic carbocycles. The Kier molecular flexibility index (Phi) is 5.91. The summed E-state index contributed by atoms with van der Waals surface area (Å²) in [7, 11) is 0. The summed E-state index contributed by atoms with van der Waals surface area (Å²) in [6.07, 6.45) is 5.49. The van der Waals surface area contributed by atoms with Gasteiger partial charge in [-0.15, -0.1) is 0 Å². The molecule has 2 aromatic rings. The monoisotopic (exact) mass is 438 g/mol. The lowest BCUT2D eigenvalue weighted by atomic mass is 9.99. The van der Waals surface area contributed by atoms with Gasteiger partial charge in [0.05, 0.1) is 0 Å². The highest BCUT2D eigenvalue weighted by Crippen LogP contribution is 2.25. The van der Waals surface area contributed by atoms with Crippen LogP contribution in [0.3, 0.4) is 0 Å². The summed E-state index contributed by atoms with van der Waals surface area (Å²) in [5, 5.41) is 3.58. The Morgan fingerprint density at radius 2 is 1.94 bits per heavy atom. The Balaban J connectivity index is 1.66. The fourth-order valence-electron chi connectivity index (χ4n) is 4.16. The molecule has 3 amide bonds. The van der Waals surface area contributed by atoms with Gasteiger partial charge in [0.15, 0.2) is 5.11 Å². The van der Waals surface area contributed by atoms with Gasteiger partial charge < -0.3 is 9.47 Å². The van der Waals surface area contributed by atoms with E-state index in [2.05, 4.69) is 12.2 Å². The molecule has 2 aliphatic rings. The quantitative estimate of drug-likeness (QED) is 0.452. The number of piperidine rings is 1. The third-order valence-electron chi connectivity index (χ3n) is 6.06. The number of carbonyl (C=O) groups excluding carboxylic acids is 3. The zero-order chi connectivity index (χ0) is 22.1. The van der Waals surface area contributed by atoms with Crippen molar-refractivity contribution in [2.24, 2.45) is 5.92 Å². The van der Waals surface area contributed by atoms with Crippen LogP contribution in [0.1, 0.15) is 32.3 Å². The van der Waals surface area contributed by atoms with Crippen molar-refractivity contribution >= 4 is 52.0 Å². The zero-order valence-electron chi connectivity index (χ0n) is 17.8. The van der Waals surface area contributed by atoms with E-state index in [1.54, 1.807) is 13.0 Å². The standard InChI is InChI=1S/C23H26N4O3S/c1-3-27-22(30)18(21(29)24-23(27)31)12-16-13-26(19-7-5-4-6-17(16)19)14-20(28)25-10-8-15(2)9-11-25/h4-7,12-13,15H,3,8-11,14H2,1-2H3,(H,24,29,31)/b18-12+. The molecule has 8 heteroatoms. The second-order valence-electron chi connectivity index (χ2n) is 8.16. The number of hydrogen-bond donors (Lipinski definition) is 1. The Hall–Kier alpha value is -3.00. The number of amides is 3. The summed E-state index contributed by atoms with van der Waals surface area (Å²) in [6, 6.07) is 7.69. The molecule has 0 bridgehead atoms. The number of hydrogen-bond acceptors (Lipinski definition) is 4. The molecule has 1 N–H and O–H groups in total. The lowest BCUT2D eigenvalue weighted by Crippen LogP contribution is -2.53. The summed E-state index contributed by atoms with van der Waals surface area (Å²) in [5.74, 6) is -0.174. The fourth-order valence-corrected chi connectivity index (χ4v) is 4.47. The van der Waals surface area contributed by atoms with Crippen LogP contribution in [0.25, 0.3) is 17.0 Å². The molecule has 2 fully saturated rings. The number of nitrogens with one attached hydrogen (secondary N) is 1. The minimum Gasteiger partial charge on any atom is -0.341 e. The molecule has 7 nitrogen and oxygen atoms in total. The van der Waals surface area contributed by atoms with Crippen LogP contribution < -0.4 is 5.32 Å². The van der Waals surface area contributed by atoms with Gasteiger partial charge in [-0.2, -0.15) is 0 Å². The first-order chi connectivity index (χ1) is 14.9. The number of rotatable bonds is 4. The van der Waals surface area contributed by atoms with Crippen molar-refractivity contribution < 1.29 is 14.4 Å². The van der Waals surface area contributed by atoms with Crippen molar-refractivity contribution in [3.05, 3.63) is 41.6 Å². The second kappa shape index (κ2) is 8.63. The highest BCUT2D eigenvalue weighted by atomic mass is 32.1. The molecule has 4 rings (SSSR count). The molecule has 0 radical (unpaired) electrons. The van der Waals surface area contributed by atoms with Crippen LogP contribution in [0, 0.1) is 5.92 Å². The summed E-state index contributed by atoms with van der Waals surface area (Å²) in [4.78, 5) is 41.4. The lowest BCUT2D eigenvalue weighted by Gasteiger charge is -2.30. The molecule has 31 heavy (non-hydrogen) atoms. The number of nitrogens with zero attached hydrogens (tertiary/aromatic N) is 3. The molecule has 0 spiro atoms. The minimum absolute atomic E-state index is 0.0368. The van der Waals surface area contributed by atoms with Crippen LogP contribution in [0.5, 0.6) is 0 Å². The predicted octanol–water partition coefficient (Wildman–Crippen LogP) is 2.55. The van der Waals surface area contributed by atoms with Crippen molar-refractivity contribution in [2.75, 3.05) is 19.6 Å². The molecule has 0 atom stereocenters. The maximum Gasteiger partial charge on any atom is 0.265 e. The third kappa shape index (κ3) is 4.12. The first kappa shape index (κ1) is 21.2. The third-order valence-corrected chi connectivity index (χ3v) is 6.39. The maximum atomic E-state index is 12.9. The van der Waals surface area contributed by atoms with Gasteiger partial charge in [-0.3, -0.25) is 24.6 Å². The Morgan fingerprint density at radius 1 is 1.23 bits per heavy atom. The molecule has 0 saturated carbocycles. The topological polar surface area (TPSA) is 74.7 Å². The molecule has 2 saturated heterocycles. The van der Waals surface area contributed by atoms with E-state index in [1.807, 2.05) is 39.9 Å². The molecule has 1 aromatic heterocycles. The number of thiocarbonyl (C=S) groups is 1. The summed E-state index contributed by atoms with van der Waals surface area (Å²) in [5.41, 5.74) is 1.65. The number of aromatic nitrogens is 1. The zero-order valence-corrected chi connectivity index (χ0v) is 18.6. The molecular formula is C23H26N4O3S. The van der Waals surface area contributed by atoms with Gasteiger partial charge in [0.25, 0.3) is 11.8 Å². The van der Waals surface area contributed by atoms with Gasteiger partial charge in [-0.25, -0.2) is 0 Å². The number of fused-ring (bicyclic) bond motifs is 1. The van der Waals surface area contributed by atoms with Gasteiger partial charge in [0.1, 0.15) is 12.1 Å². The summed E-state index contributed by atoms with van der Waals surface area (Å²) in [6.45, 7) is 6.20. The van der Waals surface area contributed by atoms with E-state index in [0.29, 0.717) is 12.5 Å². The molecule has 3 heterocycles. The number of benzene rings is 1. The van der Waals surface area contributed by atoms with Gasteiger partial charge in [0.2, 0.25) is 5.91 Å². The summed E-state index contributed by atoms with van der Waals surface area (Å²) < 4.78 is 1.90. The van der Waals surface area contributed by atoms with E-state index >= 15 is 0 Å². The van der Waals surface area contributed by atoms with Crippen molar-refractivity contribution in [1.82, 2.24) is 19.7 Å². The normalized spacial score (nSPS) is 19.4. The van der Waals surface area contributed by atoms with Crippen molar-refractivity contribution in [3.8, 4) is 0 Å². The Morgan fingerprint density at radius 3 is 2.65 bits per heavy atom. The first-order valence-electron chi connectivity index (χ1n) is 10.6. The Bertz CT molecular complexity index is 1100. The first-order valence-corrected chi connectivity index (χ1v) is 11.0. The van der Waals surface area contributed by atoms with E-state index in [-0.39, 0.29) is 23.1 Å². The van der Waals surface area contributed by atoms with Gasteiger partial charge >= 0.3 is 0 Å². The molecule has 2 aliphatic heterocycles. The van der Waals surface area contributed by atoms with Crippen LogP contribution in [-0.4, -0.2) is 56.8 Å². The molecular weight excluding hydrogens is 412 g/mol. The molecule has 162 valence electrons. The number of carbonyl (C=O) groups is 3. The highest BCUT2D eigenvalue weighted by Gasteiger charge is 2.32. The molecule has 0 aliphatic carbocycles. The maximum absolute atomic E-state index is 12.9. The van der Waals surface area contributed by atoms with E-state index in [1.165, 1.54) is 4.90 Å². The smallest absolute Gasteiger partial charge is 0.265 e. The number of likely N-dealkylation sites (N-methyl/N-ethyl adjacent to an activating group) is 1. The van der Waals surface area contributed by atoms with Crippen LogP contribution in [0.15, 0.2) is 36.0 Å².